The Hall–Kier alpha value is -1.59. The first kappa shape index (κ1) is 73.4. The van der Waals surface area contributed by atoms with Gasteiger partial charge in [-0.05, 0) is 19.3 Å². The molecule has 75 heavy (non-hydrogen) atoms. The monoisotopic (exact) mass is 1060 g/mol. The average molecular weight is 1060 g/mol. The second kappa shape index (κ2) is 64.9. The molecule has 6 nitrogen and oxygen atoms in total. The van der Waals surface area contributed by atoms with E-state index in [0.29, 0.717) is 19.3 Å². The van der Waals surface area contributed by atoms with Gasteiger partial charge in [-0.2, -0.15) is 0 Å². The third kappa shape index (κ3) is 63.1. The van der Waals surface area contributed by atoms with Gasteiger partial charge in [-0.15, -0.1) is 0 Å². The Morgan fingerprint density at radius 2 is 0.360 bits per heavy atom. The molecule has 0 amide bonds. The van der Waals surface area contributed by atoms with Gasteiger partial charge in [-0.3, -0.25) is 14.4 Å². The van der Waals surface area contributed by atoms with Gasteiger partial charge >= 0.3 is 17.9 Å². The lowest BCUT2D eigenvalue weighted by Gasteiger charge is -2.18. The van der Waals surface area contributed by atoms with Gasteiger partial charge in [-0.25, -0.2) is 0 Å². The highest BCUT2D eigenvalue weighted by Crippen LogP contribution is 2.19. The van der Waals surface area contributed by atoms with Crippen molar-refractivity contribution in [2.45, 2.75) is 412 Å². The number of hydrogen-bond acceptors (Lipinski definition) is 6. The third-order valence-electron chi connectivity index (χ3n) is 16.1. The van der Waals surface area contributed by atoms with Gasteiger partial charge in [0.15, 0.2) is 6.10 Å². The fourth-order valence-electron chi connectivity index (χ4n) is 10.9. The molecule has 446 valence electrons. The minimum atomic E-state index is -0.762. The summed E-state index contributed by atoms with van der Waals surface area (Å²) >= 11 is 0. The van der Waals surface area contributed by atoms with Crippen LogP contribution < -0.4 is 0 Å². The van der Waals surface area contributed by atoms with E-state index in [-0.39, 0.29) is 31.1 Å². The molecule has 0 aromatic rings. The molecule has 0 saturated carbocycles. The molecular formula is C69H134O6. The summed E-state index contributed by atoms with van der Waals surface area (Å²) in [7, 11) is 0. The van der Waals surface area contributed by atoms with Gasteiger partial charge in [0.2, 0.25) is 0 Å². The van der Waals surface area contributed by atoms with Gasteiger partial charge in [0, 0.05) is 19.3 Å². The predicted octanol–water partition coefficient (Wildman–Crippen LogP) is 23.5. The Kier molecular flexibility index (Phi) is 63.6. The van der Waals surface area contributed by atoms with Crippen LogP contribution in [0.25, 0.3) is 0 Å². The molecule has 0 saturated heterocycles. The largest absolute Gasteiger partial charge is 0.462 e. The van der Waals surface area contributed by atoms with Crippen LogP contribution in [0.15, 0.2) is 0 Å². The van der Waals surface area contributed by atoms with Gasteiger partial charge in [-0.1, -0.05) is 367 Å². The molecule has 0 fully saturated rings. The number of carbonyl (C=O) groups excluding carboxylic acids is 3. The van der Waals surface area contributed by atoms with Gasteiger partial charge in [0.05, 0.1) is 0 Å². The zero-order valence-electron chi connectivity index (χ0n) is 51.4. The predicted molar refractivity (Wildman–Crippen MR) is 326 cm³/mol. The lowest BCUT2D eigenvalue weighted by Crippen LogP contribution is -2.30. The van der Waals surface area contributed by atoms with Crippen LogP contribution in [-0.2, 0) is 28.6 Å². The van der Waals surface area contributed by atoms with E-state index in [4.69, 9.17) is 14.2 Å². The molecule has 6 heteroatoms. The number of carbonyl (C=O) groups is 3. The lowest BCUT2D eigenvalue weighted by atomic mass is 10.0. The fourth-order valence-corrected chi connectivity index (χ4v) is 10.9. The Morgan fingerprint density at radius 3 is 0.533 bits per heavy atom. The summed E-state index contributed by atoms with van der Waals surface area (Å²) in [5, 5.41) is 0. The van der Waals surface area contributed by atoms with E-state index in [1.165, 1.54) is 308 Å². The van der Waals surface area contributed by atoms with Crippen LogP contribution in [0.3, 0.4) is 0 Å². The van der Waals surface area contributed by atoms with Crippen molar-refractivity contribution < 1.29 is 28.6 Å². The van der Waals surface area contributed by atoms with Crippen molar-refractivity contribution in [3.8, 4) is 0 Å². The highest BCUT2D eigenvalue weighted by Gasteiger charge is 2.19. The SMILES string of the molecule is CCCCCCCCCCCCCCCCCCCCCCCCCC(=O)OCC(COC(=O)CCCCCCCCCCCCC)OC(=O)CCCCCCCCCCCCCCCCCCCCCCCCC. The quantitative estimate of drug-likeness (QED) is 0.0343. The van der Waals surface area contributed by atoms with Crippen LogP contribution >= 0.6 is 0 Å². The first-order valence-electron chi connectivity index (χ1n) is 34.5. The Morgan fingerprint density at radius 1 is 0.213 bits per heavy atom. The van der Waals surface area contributed by atoms with E-state index in [9.17, 15) is 14.4 Å². The van der Waals surface area contributed by atoms with Crippen molar-refractivity contribution >= 4 is 17.9 Å². The Bertz CT molecular complexity index is 1120. The molecule has 0 radical (unpaired) electrons. The summed E-state index contributed by atoms with van der Waals surface area (Å²) in [5.74, 6) is -0.824. The molecule has 1 unspecified atom stereocenters. The maximum atomic E-state index is 12.9. The topological polar surface area (TPSA) is 78.9 Å². The van der Waals surface area contributed by atoms with Gasteiger partial charge < -0.3 is 14.2 Å². The number of hydrogen-bond donors (Lipinski definition) is 0. The lowest BCUT2D eigenvalue weighted by molar-refractivity contribution is -0.167. The molecule has 0 aliphatic heterocycles. The summed E-state index contributed by atoms with van der Waals surface area (Å²) in [5.41, 5.74) is 0. The molecule has 0 heterocycles. The fraction of sp³-hybridized carbons (Fsp3) is 0.957. The smallest absolute Gasteiger partial charge is 0.306 e. The molecule has 0 aromatic carbocycles. The zero-order valence-corrected chi connectivity index (χ0v) is 51.4. The van der Waals surface area contributed by atoms with Crippen LogP contribution in [0.5, 0.6) is 0 Å². The summed E-state index contributed by atoms with van der Waals surface area (Å²) in [6.07, 6.45) is 75.6. The second-order valence-electron chi connectivity index (χ2n) is 23.8. The van der Waals surface area contributed by atoms with Crippen molar-refractivity contribution in [3.63, 3.8) is 0 Å². The molecule has 0 aromatic heterocycles. The average Bonchev–Trinajstić information content (AvgIpc) is 3.41. The van der Waals surface area contributed by atoms with Crippen LogP contribution in [0.4, 0.5) is 0 Å². The zero-order chi connectivity index (χ0) is 54.3. The van der Waals surface area contributed by atoms with Crippen molar-refractivity contribution in [3.05, 3.63) is 0 Å². The first-order valence-corrected chi connectivity index (χ1v) is 34.5. The second-order valence-corrected chi connectivity index (χ2v) is 23.8. The van der Waals surface area contributed by atoms with E-state index >= 15 is 0 Å². The van der Waals surface area contributed by atoms with E-state index in [2.05, 4.69) is 20.8 Å². The summed E-state index contributed by atoms with van der Waals surface area (Å²) in [4.78, 5) is 38.3. The van der Waals surface area contributed by atoms with Crippen LogP contribution in [-0.4, -0.2) is 37.2 Å². The molecule has 0 aliphatic rings. The minimum Gasteiger partial charge on any atom is -0.462 e. The van der Waals surface area contributed by atoms with Crippen molar-refractivity contribution in [1.29, 1.82) is 0 Å². The van der Waals surface area contributed by atoms with E-state index < -0.39 is 6.10 Å². The molecule has 0 rings (SSSR count). The van der Waals surface area contributed by atoms with E-state index in [0.717, 1.165) is 57.8 Å². The summed E-state index contributed by atoms with van der Waals surface area (Å²) in [6, 6.07) is 0. The third-order valence-corrected chi connectivity index (χ3v) is 16.1. The molecule has 0 spiro atoms. The van der Waals surface area contributed by atoms with Crippen LogP contribution in [0.1, 0.15) is 406 Å². The number of rotatable bonds is 65. The molecule has 1 atom stereocenters. The van der Waals surface area contributed by atoms with Crippen LogP contribution in [0, 0.1) is 0 Å². The summed E-state index contributed by atoms with van der Waals surface area (Å²) < 4.78 is 17.0. The highest BCUT2D eigenvalue weighted by molar-refractivity contribution is 5.71. The van der Waals surface area contributed by atoms with Crippen molar-refractivity contribution in [2.75, 3.05) is 13.2 Å². The highest BCUT2D eigenvalue weighted by atomic mass is 16.6. The maximum Gasteiger partial charge on any atom is 0.306 e. The number of unbranched alkanes of at least 4 members (excludes halogenated alkanes) is 54. The van der Waals surface area contributed by atoms with E-state index in [1.54, 1.807) is 0 Å². The van der Waals surface area contributed by atoms with Crippen LogP contribution in [0.2, 0.25) is 0 Å². The van der Waals surface area contributed by atoms with Crippen molar-refractivity contribution in [1.82, 2.24) is 0 Å². The number of ether oxygens (including phenoxy) is 3. The van der Waals surface area contributed by atoms with Crippen molar-refractivity contribution in [2.24, 2.45) is 0 Å². The van der Waals surface area contributed by atoms with Gasteiger partial charge in [0.1, 0.15) is 13.2 Å². The Balaban J connectivity index is 4.16. The minimum absolute atomic E-state index is 0.0605. The number of esters is 3. The van der Waals surface area contributed by atoms with Gasteiger partial charge in [0.25, 0.3) is 0 Å². The van der Waals surface area contributed by atoms with E-state index in [1.807, 2.05) is 0 Å². The molecule has 0 bridgehead atoms. The maximum absolute atomic E-state index is 12.9. The normalized spacial score (nSPS) is 11.9. The standard InChI is InChI=1S/C69H134O6/c1-4-7-10-13-16-19-22-24-26-28-30-32-34-36-38-40-42-44-47-50-53-56-59-62-68(71)74-65-66(64-73-67(70)61-58-55-52-49-46-21-18-15-12-9-6-3)75-69(72)63-60-57-54-51-48-45-43-41-39-37-35-33-31-29-27-25-23-20-17-14-11-8-5-2/h66H,4-65H2,1-3H3. The summed E-state index contributed by atoms with van der Waals surface area (Å²) in [6.45, 7) is 6.73. The molecular weight excluding hydrogens is 925 g/mol. The molecule has 0 aliphatic carbocycles. The Labute approximate surface area is 469 Å². The molecule has 0 N–H and O–H groups in total. The first-order chi connectivity index (χ1) is 37.0.